The van der Waals surface area contributed by atoms with E-state index in [-0.39, 0.29) is 5.91 Å². The van der Waals surface area contributed by atoms with Crippen LogP contribution in [0.15, 0.2) is 48.5 Å². The van der Waals surface area contributed by atoms with Crippen molar-refractivity contribution in [2.75, 3.05) is 43.4 Å². The Morgan fingerprint density at radius 1 is 1.00 bits per heavy atom. The number of hydrogen-bond donors (Lipinski definition) is 1. The van der Waals surface area contributed by atoms with Crippen LogP contribution in [0.2, 0.25) is 0 Å². The number of amides is 1. The lowest BCUT2D eigenvalue weighted by atomic mass is 10.2. The number of carbonyl (C=O) groups excluding carboxylic acids is 1. The van der Waals surface area contributed by atoms with Crippen LogP contribution in [0.3, 0.4) is 0 Å². The Balaban J connectivity index is 1.54. The van der Waals surface area contributed by atoms with Gasteiger partial charge >= 0.3 is 0 Å². The summed E-state index contributed by atoms with van der Waals surface area (Å²) in [4.78, 5) is 17.1. The van der Waals surface area contributed by atoms with Crippen molar-refractivity contribution in [3.05, 3.63) is 54.1 Å². The van der Waals surface area contributed by atoms with Gasteiger partial charge in [-0.25, -0.2) is 0 Å². The van der Waals surface area contributed by atoms with E-state index in [0.29, 0.717) is 5.75 Å². The molecule has 2 aromatic carbocycles. The average Bonchev–Trinajstić information content (AvgIpc) is 2.65. The van der Waals surface area contributed by atoms with Gasteiger partial charge in [-0.1, -0.05) is 17.7 Å². The zero-order valence-electron chi connectivity index (χ0n) is 15.7. The molecule has 2 aromatic rings. The predicted molar refractivity (Wildman–Crippen MR) is 106 cm³/mol. The van der Waals surface area contributed by atoms with Gasteiger partial charge in [-0.05, 0) is 57.3 Å². The Hall–Kier alpha value is -2.53. The second-order valence-electron chi connectivity index (χ2n) is 6.90. The molecular weight excluding hydrogens is 326 g/mol. The lowest BCUT2D eigenvalue weighted by Gasteiger charge is -2.34. The average molecular weight is 353 g/mol. The summed E-state index contributed by atoms with van der Waals surface area (Å²) in [7, 11) is 2.15. The van der Waals surface area contributed by atoms with Crippen molar-refractivity contribution in [1.29, 1.82) is 0 Å². The van der Waals surface area contributed by atoms with E-state index in [0.717, 1.165) is 37.4 Å². The molecule has 1 amide bonds. The third kappa shape index (κ3) is 4.76. The third-order valence-corrected chi connectivity index (χ3v) is 4.71. The van der Waals surface area contributed by atoms with E-state index in [9.17, 15) is 4.79 Å². The predicted octanol–water partition coefficient (Wildman–Crippen LogP) is 3.15. The van der Waals surface area contributed by atoms with Crippen LogP contribution < -0.4 is 15.0 Å². The normalized spacial score (nSPS) is 16.2. The molecule has 1 fully saturated rings. The van der Waals surface area contributed by atoms with Gasteiger partial charge in [0.15, 0.2) is 6.10 Å². The van der Waals surface area contributed by atoms with Crippen LogP contribution in [0.25, 0.3) is 0 Å². The van der Waals surface area contributed by atoms with E-state index in [1.807, 2.05) is 43.3 Å². The summed E-state index contributed by atoms with van der Waals surface area (Å²) in [5.41, 5.74) is 3.14. The summed E-state index contributed by atoms with van der Waals surface area (Å²) in [6.07, 6.45) is -0.560. The first-order valence-electron chi connectivity index (χ1n) is 9.09. The summed E-state index contributed by atoms with van der Waals surface area (Å²) in [5, 5.41) is 2.92. The number of anilines is 2. The summed E-state index contributed by atoms with van der Waals surface area (Å²) in [5.74, 6) is 0.543. The van der Waals surface area contributed by atoms with Crippen LogP contribution in [-0.2, 0) is 4.79 Å². The molecule has 0 spiro atoms. The van der Waals surface area contributed by atoms with E-state index < -0.39 is 6.10 Å². The minimum absolute atomic E-state index is 0.155. The third-order valence-electron chi connectivity index (χ3n) is 4.71. The van der Waals surface area contributed by atoms with Crippen LogP contribution in [0, 0.1) is 6.92 Å². The number of nitrogens with one attached hydrogen (secondary N) is 1. The van der Waals surface area contributed by atoms with Crippen molar-refractivity contribution >= 4 is 17.3 Å². The number of ether oxygens (including phenoxy) is 1. The molecule has 1 aliphatic heterocycles. The maximum absolute atomic E-state index is 12.4. The van der Waals surface area contributed by atoms with Gasteiger partial charge in [-0.3, -0.25) is 4.79 Å². The molecule has 1 atom stereocenters. The lowest BCUT2D eigenvalue weighted by molar-refractivity contribution is -0.122. The first-order chi connectivity index (χ1) is 12.5. The van der Waals surface area contributed by atoms with Crippen molar-refractivity contribution in [2.45, 2.75) is 20.0 Å². The highest BCUT2D eigenvalue weighted by molar-refractivity contribution is 5.94. The molecule has 1 unspecified atom stereocenters. The maximum Gasteiger partial charge on any atom is 0.265 e. The van der Waals surface area contributed by atoms with Crippen LogP contribution in [0.4, 0.5) is 11.4 Å². The summed E-state index contributed by atoms with van der Waals surface area (Å²) in [6, 6.07) is 15.7. The SMILES string of the molecule is Cc1ccc(OC(C)C(=O)Nc2ccc(N3CCN(C)CC3)cc2)cc1. The summed E-state index contributed by atoms with van der Waals surface area (Å²) >= 11 is 0. The number of nitrogens with zero attached hydrogens (tertiary/aromatic N) is 2. The molecule has 5 nitrogen and oxygen atoms in total. The molecule has 0 aromatic heterocycles. The largest absolute Gasteiger partial charge is 0.481 e. The van der Waals surface area contributed by atoms with Gasteiger partial charge in [0.1, 0.15) is 5.75 Å². The van der Waals surface area contributed by atoms with Gasteiger partial charge in [0.05, 0.1) is 0 Å². The molecule has 138 valence electrons. The van der Waals surface area contributed by atoms with Crippen molar-refractivity contribution in [3.8, 4) is 5.75 Å². The fourth-order valence-electron chi connectivity index (χ4n) is 2.94. The molecule has 5 heteroatoms. The lowest BCUT2D eigenvalue weighted by Crippen LogP contribution is -2.44. The van der Waals surface area contributed by atoms with Gasteiger partial charge in [0.25, 0.3) is 5.91 Å². The van der Waals surface area contributed by atoms with E-state index in [4.69, 9.17) is 4.74 Å². The Morgan fingerprint density at radius 3 is 2.23 bits per heavy atom. The molecule has 1 saturated heterocycles. The van der Waals surface area contributed by atoms with Crippen LogP contribution >= 0.6 is 0 Å². The molecule has 0 saturated carbocycles. The van der Waals surface area contributed by atoms with Gasteiger partial charge in [-0.15, -0.1) is 0 Å². The minimum atomic E-state index is -0.560. The van der Waals surface area contributed by atoms with Gasteiger partial charge in [0.2, 0.25) is 0 Å². The molecular formula is C21H27N3O2. The zero-order chi connectivity index (χ0) is 18.5. The Kier molecular flexibility index (Phi) is 5.78. The molecule has 0 bridgehead atoms. The molecule has 3 rings (SSSR count). The van der Waals surface area contributed by atoms with Crippen molar-refractivity contribution < 1.29 is 9.53 Å². The fraction of sp³-hybridized carbons (Fsp3) is 0.381. The highest BCUT2D eigenvalue weighted by Gasteiger charge is 2.16. The Morgan fingerprint density at radius 2 is 1.62 bits per heavy atom. The number of aryl methyl sites for hydroxylation is 1. The topological polar surface area (TPSA) is 44.8 Å². The second-order valence-corrected chi connectivity index (χ2v) is 6.90. The highest BCUT2D eigenvalue weighted by Crippen LogP contribution is 2.20. The van der Waals surface area contributed by atoms with E-state index in [2.05, 4.69) is 34.3 Å². The smallest absolute Gasteiger partial charge is 0.265 e. The second kappa shape index (κ2) is 8.23. The van der Waals surface area contributed by atoms with Gasteiger partial charge in [-0.2, -0.15) is 0 Å². The number of likely N-dealkylation sites (N-methyl/N-ethyl adjacent to an activating group) is 1. The highest BCUT2D eigenvalue weighted by atomic mass is 16.5. The summed E-state index contributed by atoms with van der Waals surface area (Å²) < 4.78 is 5.71. The monoisotopic (exact) mass is 353 g/mol. The van der Waals surface area contributed by atoms with E-state index in [1.165, 1.54) is 5.69 Å². The van der Waals surface area contributed by atoms with Crippen LogP contribution in [0.1, 0.15) is 12.5 Å². The first-order valence-corrected chi connectivity index (χ1v) is 9.09. The minimum Gasteiger partial charge on any atom is -0.481 e. The Labute approximate surface area is 155 Å². The first kappa shape index (κ1) is 18.3. The number of benzene rings is 2. The fourth-order valence-corrected chi connectivity index (χ4v) is 2.94. The maximum atomic E-state index is 12.4. The van der Waals surface area contributed by atoms with Gasteiger partial charge in [0, 0.05) is 37.6 Å². The van der Waals surface area contributed by atoms with Crippen LogP contribution in [-0.4, -0.2) is 50.1 Å². The summed E-state index contributed by atoms with van der Waals surface area (Å²) in [6.45, 7) is 7.99. The van der Waals surface area contributed by atoms with E-state index in [1.54, 1.807) is 6.92 Å². The molecule has 1 heterocycles. The molecule has 1 N–H and O–H groups in total. The number of carbonyl (C=O) groups is 1. The number of hydrogen-bond acceptors (Lipinski definition) is 4. The van der Waals surface area contributed by atoms with Crippen LogP contribution in [0.5, 0.6) is 5.75 Å². The number of piperazine rings is 1. The van der Waals surface area contributed by atoms with Crippen molar-refractivity contribution in [2.24, 2.45) is 0 Å². The molecule has 0 radical (unpaired) electrons. The quantitative estimate of drug-likeness (QED) is 0.897. The molecule has 1 aliphatic rings. The standard InChI is InChI=1S/C21H27N3O2/c1-16-4-10-20(11-5-16)26-17(2)21(25)22-18-6-8-19(9-7-18)24-14-12-23(3)13-15-24/h4-11,17H,12-15H2,1-3H3,(H,22,25). The zero-order valence-corrected chi connectivity index (χ0v) is 15.7. The Bertz CT molecular complexity index is 720. The van der Waals surface area contributed by atoms with Gasteiger partial charge < -0.3 is 19.9 Å². The molecule has 0 aliphatic carbocycles. The van der Waals surface area contributed by atoms with E-state index >= 15 is 0 Å². The number of rotatable bonds is 5. The molecule has 26 heavy (non-hydrogen) atoms. The van der Waals surface area contributed by atoms with Crippen molar-refractivity contribution in [3.63, 3.8) is 0 Å². The van der Waals surface area contributed by atoms with Crippen molar-refractivity contribution in [1.82, 2.24) is 4.90 Å².